The van der Waals surface area contributed by atoms with Gasteiger partial charge in [0.25, 0.3) is 0 Å². The number of aliphatic imine (C=N–C) groups is 1. The van der Waals surface area contributed by atoms with Gasteiger partial charge in [-0.2, -0.15) is 0 Å². The van der Waals surface area contributed by atoms with Gasteiger partial charge in [-0.25, -0.2) is 0 Å². The average Bonchev–Trinajstić information content (AvgIpc) is 2.82. The zero-order chi connectivity index (χ0) is 13.7. The Morgan fingerprint density at radius 2 is 1.95 bits per heavy atom. The number of hydrogen-bond acceptors (Lipinski definition) is 2. The van der Waals surface area contributed by atoms with Crippen molar-refractivity contribution in [3.05, 3.63) is 52.6 Å². The second-order valence-electron chi connectivity index (χ2n) is 4.35. The highest BCUT2D eigenvalue weighted by Crippen LogP contribution is 2.34. The summed E-state index contributed by atoms with van der Waals surface area (Å²) in [5.74, 6) is 0.967. The predicted molar refractivity (Wildman–Crippen MR) is 84.6 cm³/mol. The van der Waals surface area contributed by atoms with Gasteiger partial charge in [0, 0.05) is 28.6 Å². The van der Waals surface area contributed by atoms with Crippen LogP contribution in [-0.4, -0.2) is 12.9 Å². The molecule has 0 unspecified atom stereocenters. The number of benzene rings is 1. The lowest BCUT2D eigenvalue weighted by molar-refractivity contribution is 1.13. The lowest BCUT2D eigenvalue weighted by Gasteiger charge is -2.06. The minimum absolute atomic E-state index is 0.967. The largest absolute Gasteiger partial charge is 0.345 e. The Labute approximate surface area is 119 Å². The highest BCUT2D eigenvalue weighted by atomic mass is 32.2. The molecule has 2 rings (SSSR count). The lowest BCUT2D eigenvalue weighted by atomic mass is 10.2. The van der Waals surface area contributed by atoms with Gasteiger partial charge in [-0.15, -0.1) is 0 Å². The Hall–Kier alpha value is -1.48. The van der Waals surface area contributed by atoms with E-state index < -0.39 is 0 Å². The molecule has 3 heteroatoms. The molecule has 0 fully saturated rings. The minimum atomic E-state index is 0.967. The molecule has 1 N–H and O–H groups in total. The molecule has 1 aromatic carbocycles. The van der Waals surface area contributed by atoms with E-state index in [4.69, 9.17) is 0 Å². The SMILES string of the molecule is CC/C=C1/C(Sc2ccc(CC)cc2)=CNC1=NC. The fourth-order valence-electron chi connectivity index (χ4n) is 2.00. The number of thioether (sulfide) groups is 1. The van der Waals surface area contributed by atoms with E-state index in [1.807, 2.05) is 13.2 Å². The normalized spacial score (nSPS) is 18.8. The van der Waals surface area contributed by atoms with Crippen LogP contribution in [0.1, 0.15) is 25.8 Å². The van der Waals surface area contributed by atoms with Crippen molar-refractivity contribution in [3.63, 3.8) is 0 Å². The van der Waals surface area contributed by atoms with Crippen LogP contribution in [0.3, 0.4) is 0 Å². The maximum Gasteiger partial charge on any atom is 0.132 e. The topological polar surface area (TPSA) is 24.4 Å². The van der Waals surface area contributed by atoms with Crippen molar-refractivity contribution in [1.82, 2.24) is 5.32 Å². The van der Waals surface area contributed by atoms with Crippen molar-refractivity contribution in [2.75, 3.05) is 7.05 Å². The maximum atomic E-state index is 4.28. The lowest BCUT2D eigenvalue weighted by Crippen LogP contribution is -2.12. The van der Waals surface area contributed by atoms with Crippen LogP contribution < -0.4 is 5.32 Å². The van der Waals surface area contributed by atoms with E-state index in [2.05, 4.69) is 54.5 Å². The van der Waals surface area contributed by atoms with Crippen LogP contribution in [-0.2, 0) is 6.42 Å². The van der Waals surface area contributed by atoms with E-state index in [1.54, 1.807) is 11.8 Å². The Balaban J connectivity index is 2.16. The first-order valence-corrected chi connectivity index (χ1v) is 7.51. The number of nitrogens with one attached hydrogen (secondary N) is 1. The van der Waals surface area contributed by atoms with Crippen molar-refractivity contribution in [3.8, 4) is 0 Å². The third kappa shape index (κ3) is 3.29. The summed E-state index contributed by atoms with van der Waals surface area (Å²) in [5.41, 5.74) is 2.59. The van der Waals surface area contributed by atoms with Crippen LogP contribution in [0.5, 0.6) is 0 Å². The molecule has 0 bridgehead atoms. The van der Waals surface area contributed by atoms with E-state index in [-0.39, 0.29) is 0 Å². The highest BCUT2D eigenvalue weighted by molar-refractivity contribution is 8.03. The standard InChI is InChI=1S/C16H20N2S/c1-4-6-14-15(11-18-16(14)17-3)19-13-9-7-12(5-2)8-10-13/h6-11H,4-5H2,1-3H3,(H,17,18)/b14-6-. The molecule has 0 aromatic heterocycles. The summed E-state index contributed by atoms with van der Waals surface area (Å²) < 4.78 is 0. The molecule has 19 heavy (non-hydrogen) atoms. The third-order valence-electron chi connectivity index (χ3n) is 3.05. The summed E-state index contributed by atoms with van der Waals surface area (Å²) in [6.07, 6.45) is 6.37. The van der Waals surface area contributed by atoms with Crippen LogP contribution in [0, 0.1) is 0 Å². The van der Waals surface area contributed by atoms with E-state index in [0.29, 0.717) is 0 Å². The van der Waals surface area contributed by atoms with Gasteiger partial charge in [-0.3, -0.25) is 4.99 Å². The van der Waals surface area contributed by atoms with Gasteiger partial charge in [0.15, 0.2) is 0 Å². The van der Waals surface area contributed by atoms with Gasteiger partial charge in [0.2, 0.25) is 0 Å². The molecule has 1 aliphatic heterocycles. The molecule has 1 aliphatic rings. The van der Waals surface area contributed by atoms with Crippen molar-refractivity contribution in [1.29, 1.82) is 0 Å². The summed E-state index contributed by atoms with van der Waals surface area (Å²) in [6, 6.07) is 8.77. The second-order valence-corrected chi connectivity index (χ2v) is 5.47. The zero-order valence-electron chi connectivity index (χ0n) is 11.7. The number of rotatable bonds is 4. The molecule has 2 nitrogen and oxygen atoms in total. The Kier molecular flexibility index (Phi) is 4.86. The first-order valence-electron chi connectivity index (χ1n) is 6.69. The minimum Gasteiger partial charge on any atom is -0.345 e. The van der Waals surface area contributed by atoms with Crippen LogP contribution in [0.25, 0.3) is 0 Å². The van der Waals surface area contributed by atoms with E-state index in [0.717, 1.165) is 18.7 Å². The quantitative estimate of drug-likeness (QED) is 0.890. The molecule has 0 aliphatic carbocycles. The molecule has 0 atom stereocenters. The van der Waals surface area contributed by atoms with Gasteiger partial charge < -0.3 is 5.32 Å². The number of amidine groups is 1. The first-order chi connectivity index (χ1) is 9.28. The maximum absolute atomic E-state index is 4.28. The molecule has 0 spiro atoms. The summed E-state index contributed by atoms with van der Waals surface area (Å²) in [7, 11) is 1.82. The summed E-state index contributed by atoms with van der Waals surface area (Å²) in [6.45, 7) is 4.33. The monoisotopic (exact) mass is 272 g/mol. The Morgan fingerprint density at radius 3 is 2.53 bits per heavy atom. The Bertz CT molecular complexity index is 524. The van der Waals surface area contributed by atoms with Crippen molar-refractivity contribution in [2.45, 2.75) is 31.6 Å². The molecular formula is C16H20N2S. The summed E-state index contributed by atoms with van der Waals surface area (Å²) in [5, 5.41) is 3.23. The van der Waals surface area contributed by atoms with Crippen LogP contribution in [0.2, 0.25) is 0 Å². The van der Waals surface area contributed by atoms with Crippen LogP contribution in [0.15, 0.2) is 56.9 Å². The molecule has 0 amide bonds. The second kappa shape index (κ2) is 6.62. The van der Waals surface area contributed by atoms with Gasteiger partial charge >= 0.3 is 0 Å². The van der Waals surface area contributed by atoms with Crippen LogP contribution in [0.4, 0.5) is 0 Å². The number of nitrogens with zero attached hydrogens (tertiary/aromatic N) is 1. The smallest absolute Gasteiger partial charge is 0.132 e. The first kappa shape index (κ1) is 13.9. The Morgan fingerprint density at radius 1 is 1.21 bits per heavy atom. The van der Waals surface area contributed by atoms with Gasteiger partial charge in [-0.1, -0.05) is 43.8 Å². The van der Waals surface area contributed by atoms with Gasteiger partial charge in [0.05, 0.1) is 0 Å². The fourth-order valence-corrected chi connectivity index (χ4v) is 2.93. The van der Waals surface area contributed by atoms with E-state index in [9.17, 15) is 0 Å². The highest BCUT2D eigenvalue weighted by Gasteiger charge is 2.18. The average molecular weight is 272 g/mol. The summed E-state index contributed by atoms with van der Waals surface area (Å²) >= 11 is 1.79. The molecule has 100 valence electrons. The van der Waals surface area contributed by atoms with Gasteiger partial charge in [-0.05, 0) is 30.5 Å². The van der Waals surface area contributed by atoms with Crippen molar-refractivity contribution >= 4 is 17.6 Å². The summed E-state index contributed by atoms with van der Waals surface area (Å²) in [4.78, 5) is 6.79. The number of allylic oxidation sites excluding steroid dienone is 1. The molecule has 0 radical (unpaired) electrons. The molecule has 1 heterocycles. The number of aryl methyl sites for hydroxylation is 1. The predicted octanol–water partition coefficient (Wildman–Crippen LogP) is 4.15. The molecule has 0 saturated carbocycles. The van der Waals surface area contributed by atoms with Crippen LogP contribution >= 0.6 is 11.8 Å². The van der Waals surface area contributed by atoms with Gasteiger partial charge in [0.1, 0.15) is 5.84 Å². The molecular weight excluding hydrogens is 252 g/mol. The van der Waals surface area contributed by atoms with Crippen molar-refractivity contribution in [2.24, 2.45) is 4.99 Å². The number of hydrogen-bond donors (Lipinski definition) is 1. The molecule has 1 aromatic rings. The zero-order valence-corrected chi connectivity index (χ0v) is 12.6. The fraction of sp³-hybridized carbons (Fsp3) is 0.312. The molecule has 0 saturated heterocycles. The van der Waals surface area contributed by atoms with E-state index >= 15 is 0 Å². The van der Waals surface area contributed by atoms with E-state index in [1.165, 1.54) is 20.9 Å². The van der Waals surface area contributed by atoms with Crippen molar-refractivity contribution < 1.29 is 0 Å². The third-order valence-corrected chi connectivity index (χ3v) is 4.12.